The quantitative estimate of drug-likeness (QED) is 0.610. The summed E-state index contributed by atoms with van der Waals surface area (Å²) < 4.78 is 6.15. The number of nitrogens with one attached hydrogen (secondary N) is 1. The van der Waals surface area contributed by atoms with Crippen LogP contribution in [0.2, 0.25) is 0 Å². The van der Waals surface area contributed by atoms with Crippen molar-refractivity contribution in [2.75, 3.05) is 12.4 Å². The van der Waals surface area contributed by atoms with Crippen molar-refractivity contribution in [3.63, 3.8) is 0 Å². The van der Waals surface area contributed by atoms with Crippen LogP contribution in [0.4, 0.5) is 5.69 Å². The fraction of sp³-hybridized carbons (Fsp3) is 0.0526. The molecule has 0 aliphatic rings. The number of nitrogens with two attached hydrogens (primary N) is 1. The molecule has 3 rings (SSSR count). The zero-order valence-corrected chi connectivity index (χ0v) is 14.7. The highest BCUT2D eigenvalue weighted by atomic mass is 16.5. The zero-order valence-electron chi connectivity index (χ0n) is 14.7. The molecule has 9 heteroatoms. The molecule has 0 saturated carbocycles. The third-order valence-corrected chi connectivity index (χ3v) is 3.88. The second-order valence-corrected chi connectivity index (χ2v) is 5.66. The molecule has 28 heavy (non-hydrogen) atoms. The summed E-state index contributed by atoms with van der Waals surface area (Å²) in [7, 11) is 1.43. The van der Waals surface area contributed by atoms with Crippen LogP contribution in [0.3, 0.4) is 0 Å². The number of anilines is 1. The average molecular weight is 380 g/mol. The maximum Gasteiger partial charge on any atom is 0.280 e. The van der Waals surface area contributed by atoms with E-state index in [1.807, 2.05) is 0 Å². The lowest BCUT2D eigenvalue weighted by Gasteiger charge is -2.12. The minimum Gasteiger partial charge on any atom is -0.505 e. The third-order valence-electron chi connectivity index (χ3n) is 3.88. The first kappa shape index (κ1) is 18.6. The number of methoxy groups -OCH3 is 1. The molecule has 9 nitrogen and oxygen atoms in total. The van der Waals surface area contributed by atoms with Gasteiger partial charge in [0.25, 0.3) is 17.4 Å². The number of aromatic nitrogens is 2. The number of aromatic hydroxyl groups is 1. The number of para-hydroxylation sites is 3. The fourth-order valence-electron chi connectivity index (χ4n) is 2.57. The Labute approximate surface area is 159 Å². The largest absolute Gasteiger partial charge is 0.505 e. The molecular formula is C19H16N4O5. The van der Waals surface area contributed by atoms with Crippen molar-refractivity contribution in [3.8, 4) is 17.2 Å². The van der Waals surface area contributed by atoms with Crippen LogP contribution in [0.1, 0.15) is 20.8 Å². The lowest BCUT2D eigenvalue weighted by Crippen LogP contribution is -2.26. The van der Waals surface area contributed by atoms with E-state index in [-0.39, 0.29) is 11.3 Å². The zero-order chi connectivity index (χ0) is 20.3. The maximum absolute atomic E-state index is 12.6. The van der Waals surface area contributed by atoms with Crippen molar-refractivity contribution in [1.82, 2.24) is 9.78 Å². The number of amides is 2. The minimum atomic E-state index is -0.824. The monoisotopic (exact) mass is 380 g/mol. The minimum absolute atomic E-state index is 0.0911. The molecule has 2 amide bonds. The number of carbonyl (C=O) groups is 2. The van der Waals surface area contributed by atoms with Crippen LogP contribution in [-0.4, -0.2) is 33.8 Å². The van der Waals surface area contributed by atoms with Gasteiger partial charge in [0.15, 0.2) is 11.4 Å². The highest BCUT2D eigenvalue weighted by molar-refractivity contribution is 6.08. The highest BCUT2D eigenvalue weighted by Gasteiger charge is 2.20. The first-order valence-electron chi connectivity index (χ1n) is 8.09. The van der Waals surface area contributed by atoms with Gasteiger partial charge in [-0.3, -0.25) is 14.4 Å². The molecule has 4 N–H and O–H groups in total. The van der Waals surface area contributed by atoms with E-state index in [4.69, 9.17) is 10.5 Å². The van der Waals surface area contributed by atoms with E-state index in [2.05, 4.69) is 10.4 Å². The Balaban J connectivity index is 2.05. The summed E-state index contributed by atoms with van der Waals surface area (Å²) in [6, 6.07) is 13.6. The second-order valence-electron chi connectivity index (χ2n) is 5.66. The molecule has 142 valence electrons. The van der Waals surface area contributed by atoms with Gasteiger partial charge in [0.1, 0.15) is 11.4 Å². The highest BCUT2D eigenvalue weighted by Crippen LogP contribution is 2.22. The van der Waals surface area contributed by atoms with Gasteiger partial charge in [-0.1, -0.05) is 24.3 Å². The van der Waals surface area contributed by atoms with Gasteiger partial charge in [0.2, 0.25) is 0 Å². The predicted molar refractivity (Wildman–Crippen MR) is 101 cm³/mol. The van der Waals surface area contributed by atoms with Crippen LogP contribution < -0.4 is 21.3 Å². The number of hydrogen-bond acceptors (Lipinski definition) is 6. The normalized spacial score (nSPS) is 10.3. The standard InChI is InChI=1S/C19H16N4O5/c1-28-15-9-5-4-8-13(15)23-16(25)10-14(24)17(22-23)19(27)21-12-7-3-2-6-11(12)18(20)26/h2-10,24H,1H3,(H2,20,26)(H,21,27). The number of ether oxygens (including phenoxy) is 1. The first-order chi connectivity index (χ1) is 13.4. The maximum atomic E-state index is 12.6. The van der Waals surface area contributed by atoms with Crippen molar-refractivity contribution >= 4 is 17.5 Å². The Kier molecular flexibility index (Phi) is 5.07. The van der Waals surface area contributed by atoms with Gasteiger partial charge in [-0.15, -0.1) is 0 Å². The summed E-state index contributed by atoms with van der Waals surface area (Å²) >= 11 is 0. The molecule has 0 fully saturated rings. The fourth-order valence-corrected chi connectivity index (χ4v) is 2.57. The summed E-state index contributed by atoms with van der Waals surface area (Å²) in [4.78, 5) is 36.4. The van der Waals surface area contributed by atoms with Crippen LogP contribution in [-0.2, 0) is 0 Å². The van der Waals surface area contributed by atoms with Gasteiger partial charge in [-0.2, -0.15) is 9.78 Å². The van der Waals surface area contributed by atoms with Gasteiger partial charge in [-0.05, 0) is 24.3 Å². The Bertz CT molecular complexity index is 1120. The van der Waals surface area contributed by atoms with Crippen molar-refractivity contribution in [3.05, 3.63) is 76.2 Å². The molecule has 3 aromatic rings. The van der Waals surface area contributed by atoms with E-state index in [9.17, 15) is 19.5 Å². The summed E-state index contributed by atoms with van der Waals surface area (Å²) in [6.45, 7) is 0. The van der Waals surface area contributed by atoms with E-state index in [0.717, 1.165) is 10.7 Å². The van der Waals surface area contributed by atoms with Crippen molar-refractivity contribution in [2.45, 2.75) is 0 Å². The average Bonchev–Trinajstić information content (AvgIpc) is 2.68. The Morgan fingerprint density at radius 2 is 1.82 bits per heavy atom. The van der Waals surface area contributed by atoms with E-state index in [1.165, 1.54) is 19.2 Å². The van der Waals surface area contributed by atoms with Gasteiger partial charge in [-0.25, -0.2) is 0 Å². The van der Waals surface area contributed by atoms with Gasteiger partial charge in [0, 0.05) is 6.07 Å². The number of benzene rings is 2. The molecule has 0 saturated heterocycles. The van der Waals surface area contributed by atoms with Crippen LogP contribution in [0, 0.1) is 0 Å². The summed E-state index contributed by atoms with van der Waals surface area (Å²) in [6.07, 6.45) is 0. The Morgan fingerprint density at radius 3 is 2.54 bits per heavy atom. The van der Waals surface area contributed by atoms with Crippen LogP contribution in [0.5, 0.6) is 11.5 Å². The Hall–Kier alpha value is -4.14. The molecule has 0 spiro atoms. The van der Waals surface area contributed by atoms with Gasteiger partial charge >= 0.3 is 0 Å². The molecule has 0 aliphatic heterocycles. The molecule has 1 aromatic heterocycles. The number of hydrogen-bond donors (Lipinski definition) is 3. The predicted octanol–water partition coefficient (Wildman–Crippen LogP) is 1.30. The number of carbonyl (C=O) groups excluding carboxylic acids is 2. The third kappa shape index (κ3) is 3.54. The number of primary amides is 1. The van der Waals surface area contributed by atoms with Crippen LogP contribution in [0.25, 0.3) is 5.69 Å². The molecule has 1 heterocycles. The van der Waals surface area contributed by atoms with Crippen molar-refractivity contribution in [2.24, 2.45) is 5.73 Å². The van der Waals surface area contributed by atoms with Crippen molar-refractivity contribution < 1.29 is 19.4 Å². The lowest BCUT2D eigenvalue weighted by atomic mass is 10.1. The van der Waals surface area contributed by atoms with Crippen molar-refractivity contribution in [1.29, 1.82) is 0 Å². The molecular weight excluding hydrogens is 364 g/mol. The molecule has 2 aromatic carbocycles. The summed E-state index contributed by atoms with van der Waals surface area (Å²) in [5.74, 6) is -1.81. The molecule has 0 unspecified atom stereocenters. The Morgan fingerprint density at radius 1 is 1.14 bits per heavy atom. The first-order valence-corrected chi connectivity index (χ1v) is 8.09. The van der Waals surface area contributed by atoms with E-state index in [1.54, 1.807) is 36.4 Å². The topological polar surface area (TPSA) is 137 Å². The lowest BCUT2D eigenvalue weighted by molar-refractivity contribution is 0.100. The summed E-state index contributed by atoms with van der Waals surface area (Å²) in [5, 5.41) is 16.5. The molecule has 0 radical (unpaired) electrons. The van der Waals surface area contributed by atoms with Gasteiger partial charge < -0.3 is 20.9 Å². The molecule has 0 bridgehead atoms. The van der Waals surface area contributed by atoms with Crippen LogP contribution >= 0.6 is 0 Å². The SMILES string of the molecule is COc1ccccc1-n1nc(C(=O)Nc2ccccc2C(N)=O)c(O)cc1=O. The van der Waals surface area contributed by atoms with E-state index in [0.29, 0.717) is 11.4 Å². The second kappa shape index (κ2) is 7.62. The van der Waals surface area contributed by atoms with Crippen LogP contribution in [0.15, 0.2) is 59.4 Å². The van der Waals surface area contributed by atoms with Gasteiger partial charge in [0.05, 0.1) is 18.4 Å². The van der Waals surface area contributed by atoms with E-state index < -0.39 is 28.8 Å². The number of rotatable bonds is 5. The molecule has 0 atom stereocenters. The molecule has 0 aliphatic carbocycles. The summed E-state index contributed by atoms with van der Waals surface area (Å²) in [5.41, 5.74) is 4.76. The van der Waals surface area contributed by atoms with E-state index >= 15 is 0 Å². The number of nitrogens with zero attached hydrogens (tertiary/aromatic N) is 2. The smallest absolute Gasteiger partial charge is 0.280 e.